The van der Waals surface area contributed by atoms with E-state index in [0.717, 1.165) is 35.7 Å². The molecule has 1 aromatic heterocycles. The van der Waals surface area contributed by atoms with Gasteiger partial charge in [-0.05, 0) is 24.6 Å². The Kier molecular flexibility index (Phi) is 4.29. The lowest BCUT2D eigenvalue weighted by Gasteiger charge is -2.13. The van der Waals surface area contributed by atoms with Crippen LogP contribution in [-0.2, 0) is 11.2 Å². The van der Waals surface area contributed by atoms with Crippen LogP contribution in [-0.4, -0.2) is 39.9 Å². The molecular formula is C16H17N3O3S. The molecule has 1 aliphatic rings. The Bertz CT molecular complexity index is 757. The summed E-state index contributed by atoms with van der Waals surface area (Å²) in [5.41, 5.74) is 6.80. The highest BCUT2D eigenvalue weighted by Crippen LogP contribution is 2.27. The number of rotatable bonds is 5. The highest BCUT2D eigenvalue weighted by molar-refractivity contribution is 7.09. The molecule has 23 heavy (non-hydrogen) atoms. The van der Waals surface area contributed by atoms with E-state index in [-0.39, 0.29) is 17.2 Å². The van der Waals surface area contributed by atoms with E-state index in [0.29, 0.717) is 13.0 Å². The zero-order valence-electron chi connectivity index (χ0n) is 12.5. The highest BCUT2D eigenvalue weighted by Gasteiger charge is 2.20. The minimum atomic E-state index is -0.674. The van der Waals surface area contributed by atoms with Crippen LogP contribution in [0.5, 0.6) is 5.75 Å². The Hall–Kier alpha value is -2.41. The Balaban J connectivity index is 1.73. The van der Waals surface area contributed by atoms with Gasteiger partial charge in [0.15, 0.2) is 0 Å². The van der Waals surface area contributed by atoms with E-state index in [1.165, 1.54) is 17.4 Å². The summed E-state index contributed by atoms with van der Waals surface area (Å²) in [5, 5.41) is 12.5. The number of carbonyl (C=O) groups is 2. The number of amides is 2. The number of aromatic hydroxyl groups is 1. The monoisotopic (exact) mass is 331 g/mol. The Morgan fingerprint density at radius 2 is 2.26 bits per heavy atom. The molecular weight excluding hydrogens is 314 g/mol. The molecule has 2 heterocycles. The molecule has 0 aliphatic carbocycles. The first-order valence-electron chi connectivity index (χ1n) is 7.40. The standard InChI is InChI=1S/C16H17N3O3S/c17-16(22)11-8-10(3-4-13(11)20)12-9-23-14(18-12)5-7-19-6-1-2-15(19)21/h3-4,8-9,20H,1-2,5-7H2,(H2,17,22). The van der Waals surface area contributed by atoms with Crippen LogP contribution in [0.3, 0.4) is 0 Å². The normalized spacial score (nSPS) is 14.4. The molecule has 3 rings (SSSR count). The van der Waals surface area contributed by atoms with Gasteiger partial charge in [0.2, 0.25) is 5.91 Å². The molecule has 3 N–H and O–H groups in total. The maximum absolute atomic E-state index is 11.6. The molecule has 7 heteroatoms. The van der Waals surface area contributed by atoms with Crippen LogP contribution in [0.4, 0.5) is 0 Å². The Morgan fingerprint density at radius 1 is 1.43 bits per heavy atom. The summed E-state index contributed by atoms with van der Waals surface area (Å²) < 4.78 is 0. The third kappa shape index (κ3) is 3.34. The first kappa shape index (κ1) is 15.5. The molecule has 2 amide bonds. The lowest BCUT2D eigenvalue weighted by molar-refractivity contribution is -0.127. The number of thiazole rings is 1. The lowest BCUT2D eigenvalue weighted by atomic mass is 10.1. The van der Waals surface area contributed by atoms with Gasteiger partial charge in [-0.25, -0.2) is 4.98 Å². The van der Waals surface area contributed by atoms with Crippen LogP contribution >= 0.6 is 11.3 Å². The van der Waals surface area contributed by atoms with Crippen LogP contribution < -0.4 is 5.73 Å². The number of aromatic nitrogens is 1. The number of hydrogen-bond acceptors (Lipinski definition) is 5. The van der Waals surface area contributed by atoms with Crippen molar-refractivity contribution in [2.75, 3.05) is 13.1 Å². The van der Waals surface area contributed by atoms with E-state index in [1.54, 1.807) is 12.1 Å². The summed E-state index contributed by atoms with van der Waals surface area (Å²) in [6.45, 7) is 1.52. The summed E-state index contributed by atoms with van der Waals surface area (Å²) in [6, 6.07) is 4.68. The summed E-state index contributed by atoms with van der Waals surface area (Å²) in [4.78, 5) is 29.3. The summed E-state index contributed by atoms with van der Waals surface area (Å²) in [7, 11) is 0. The van der Waals surface area contributed by atoms with Crippen molar-refractivity contribution in [1.82, 2.24) is 9.88 Å². The van der Waals surface area contributed by atoms with E-state index in [2.05, 4.69) is 4.98 Å². The second kappa shape index (κ2) is 6.37. The fourth-order valence-corrected chi connectivity index (χ4v) is 3.42. The van der Waals surface area contributed by atoms with E-state index in [4.69, 9.17) is 5.73 Å². The zero-order valence-corrected chi connectivity index (χ0v) is 13.3. The summed E-state index contributed by atoms with van der Waals surface area (Å²) >= 11 is 1.52. The molecule has 0 bridgehead atoms. The molecule has 6 nitrogen and oxygen atoms in total. The van der Waals surface area contributed by atoms with Crippen molar-refractivity contribution >= 4 is 23.2 Å². The Labute approximate surface area is 137 Å². The fraction of sp³-hybridized carbons (Fsp3) is 0.312. The van der Waals surface area contributed by atoms with Gasteiger partial charge in [-0.2, -0.15) is 0 Å². The summed E-state index contributed by atoms with van der Waals surface area (Å²) in [6.07, 6.45) is 2.30. The van der Waals surface area contributed by atoms with Crippen molar-refractivity contribution in [1.29, 1.82) is 0 Å². The second-order valence-corrected chi connectivity index (χ2v) is 6.40. The third-order valence-corrected chi connectivity index (χ3v) is 4.79. The van der Waals surface area contributed by atoms with Crippen molar-refractivity contribution in [2.45, 2.75) is 19.3 Å². The van der Waals surface area contributed by atoms with Gasteiger partial charge in [-0.3, -0.25) is 9.59 Å². The van der Waals surface area contributed by atoms with Gasteiger partial charge in [-0.1, -0.05) is 0 Å². The summed E-state index contributed by atoms with van der Waals surface area (Å²) in [5.74, 6) is -0.594. The number of primary amides is 1. The quantitative estimate of drug-likeness (QED) is 0.873. The number of likely N-dealkylation sites (tertiary alicyclic amines) is 1. The number of nitrogens with zero attached hydrogens (tertiary/aromatic N) is 2. The predicted molar refractivity (Wildman–Crippen MR) is 87.3 cm³/mol. The van der Waals surface area contributed by atoms with Crippen molar-refractivity contribution in [3.05, 3.63) is 34.2 Å². The van der Waals surface area contributed by atoms with Crippen LogP contribution in [0.1, 0.15) is 28.2 Å². The average molecular weight is 331 g/mol. The first-order valence-corrected chi connectivity index (χ1v) is 8.28. The largest absolute Gasteiger partial charge is 0.507 e. The van der Waals surface area contributed by atoms with Gasteiger partial charge in [0, 0.05) is 36.9 Å². The molecule has 0 saturated carbocycles. The minimum Gasteiger partial charge on any atom is -0.507 e. The Morgan fingerprint density at radius 3 is 2.96 bits per heavy atom. The van der Waals surface area contributed by atoms with E-state index < -0.39 is 5.91 Å². The SMILES string of the molecule is NC(=O)c1cc(-c2csc(CCN3CCCC3=O)n2)ccc1O. The molecule has 2 aromatic rings. The van der Waals surface area contributed by atoms with Gasteiger partial charge in [0.25, 0.3) is 5.91 Å². The van der Waals surface area contributed by atoms with Crippen molar-refractivity contribution in [2.24, 2.45) is 5.73 Å². The van der Waals surface area contributed by atoms with Crippen LogP contribution in [0.25, 0.3) is 11.3 Å². The first-order chi connectivity index (χ1) is 11.0. The van der Waals surface area contributed by atoms with Gasteiger partial charge >= 0.3 is 0 Å². The minimum absolute atomic E-state index is 0.0831. The predicted octanol–water partition coefficient (Wildman–Crippen LogP) is 1.78. The van der Waals surface area contributed by atoms with E-state index in [9.17, 15) is 14.7 Å². The topological polar surface area (TPSA) is 96.5 Å². The smallest absolute Gasteiger partial charge is 0.252 e. The molecule has 1 aromatic carbocycles. The molecule has 0 unspecified atom stereocenters. The van der Waals surface area contributed by atoms with Gasteiger partial charge in [-0.15, -0.1) is 11.3 Å². The van der Waals surface area contributed by atoms with Gasteiger partial charge in [0.05, 0.1) is 16.3 Å². The molecule has 0 spiro atoms. The van der Waals surface area contributed by atoms with Crippen LogP contribution in [0.2, 0.25) is 0 Å². The molecule has 1 saturated heterocycles. The molecule has 1 fully saturated rings. The third-order valence-electron chi connectivity index (χ3n) is 3.88. The lowest BCUT2D eigenvalue weighted by Crippen LogP contribution is -2.26. The van der Waals surface area contributed by atoms with Crippen molar-refractivity contribution < 1.29 is 14.7 Å². The number of benzene rings is 1. The average Bonchev–Trinajstić information content (AvgIpc) is 3.14. The molecule has 120 valence electrons. The molecule has 0 atom stereocenters. The van der Waals surface area contributed by atoms with E-state index in [1.807, 2.05) is 10.3 Å². The van der Waals surface area contributed by atoms with E-state index >= 15 is 0 Å². The highest BCUT2D eigenvalue weighted by atomic mass is 32.1. The fourth-order valence-electron chi connectivity index (χ4n) is 2.62. The van der Waals surface area contributed by atoms with Gasteiger partial charge in [0.1, 0.15) is 5.75 Å². The van der Waals surface area contributed by atoms with Crippen LogP contribution in [0.15, 0.2) is 23.6 Å². The molecule has 1 aliphatic heterocycles. The van der Waals surface area contributed by atoms with Crippen molar-refractivity contribution in [3.8, 4) is 17.0 Å². The second-order valence-electron chi connectivity index (χ2n) is 5.46. The maximum Gasteiger partial charge on any atom is 0.252 e. The number of nitrogens with two attached hydrogens (primary N) is 1. The van der Waals surface area contributed by atoms with Crippen molar-refractivity contribution in [3.63, 3.8) is 0 Å². The number of phenols is 1. The molecule has 0 radical (unpaired) electrons. The number of hydrogen-bond donors (Lipinski definition) is 2. The van der Waals surface area contributed by atoms with Crippen LogP contribution in [0, 0.1) is 0 Å². The zero-order chi connectivity index (χ0) is 16.4. The van der Waals surface area contributed by atoms with Gasteiger partial charge < -0.3 is 15.7 Å². The number of carbonyl (C=O) groups excluding carboxylic acids is 2. The maximum atomic E-state index is 11.6.